The Hall–Kier alpha value is -2.03. The largest absolute Gasteiger partial charge is 0.494 e. The second kappa shape index (κ2) is 9.25. The fourth-order valence-electron chi connectivity index (χ4n) is 4.29. The molecule has 1 aromatic rings. The van der Waals surface area contributed by atoms with E-state index in [-0.39, 0.29) is 5.97 Å². The van der Waals surface area contributed by atoms with Gasteiger partial charge in [0.1, 0.15) is 5.75 Å². The first-order chi connectivity index (χ1) is 13.1. The van der Waals surface area contributed by atoms with Crippen molar-refractivity contribution in [2.75, 3.05) is 13.7 Å². The Balaban J connectivity index is 1.54. The van der Waals surface area contributed by atoms with Gasteiger partial charge in [-0.1, -0.05) is 37.6 Å². The summed E-state index contributed by atoms with van der Waals surface area (Å²) in [7, 11) is 1.43. The first-order valence-corrected chi connectivity index (χ1v) is 10.3. The van der Waals surface area contributed by atoms with Crippen molar-refractivity contribution in [1.82, 2.24) is 0 Å². The van der Waals surface area contributed by atoms with Crippen LogP contribution in [0.2, 0.25) is 0 Å². The lowest BCUT2D eigenvalue weighted by Gasteiger charge is -2.40. The van der Waals surface area contributed by atoms with Gasteiger partial charge in [-0.2, -0.15) is 0 Å². The van der Waals surface area contributed by atoms with E-state index in [0.29, 0.717) is 11.3 Å². The zero-order valence-electron chi connectivity index (χ0n) is 16.7. The molecule has 2 aliphatic carbocycles. The highest BCUT2D eigenvalue weighted by molar-refractivity contribution is 5.83. The van der Waals surface area contributed by atoms with Crippen molar-refractivity contribution < 1.29 is 14.3 Å². The van der Waals surface area contributed by atoms with Gasteiger partial charge in [-0.15, -0.1) is 0 Å². The molecule has 0 bridgehead atoms. The summed E-state index contributed by atoms with van der Waals surface area (Å²) in [6.07, 6.45) is 15.4. The zero-order valence-corrected chi connectivity index (χ0v) is 16.7. The molecule has 3 rings (SSSR count). The van der Waals surface area contributed by atoms with Crippen LogP contribution < -0.4 is 4.74 Å². The maximum atomic E-state index is 11.4. The molecule has 1 fully saturated rings. The fourth-order valence-corrected chi connectivity index (χ4v) is 4.29. The Labute approximate surface area is 163 Å². The van der Waals surface area contributed by atoms with Crippen LogP contribution in [-0.2, 0) is 9.53 Å². The van der Waals surface area contributed by atoms with Crippen molar-refractivity contribution >= 4 is 5.97 Å². The first kappa shape index (κ1) is 19.7. The summed E-state index contributed by atoms with van der Waals surface area (Å²) >= 11 is 0. The number of hydrogen-bond donors (Lipinski definition) is 0. The standard InChI is InChI=1S/C24H32O3/c1-3-4-17-27-22-7-5-20(6-8-22)21-11-15-24(16-12-21)13-9-19(10-14-24)18-23(25)26-2/h5-9,13,18,21H,3-4,10-12,14-17H2,1-2H3/b19-18+. The Morgan fingerprint density at radius 1 is 1.19 bits per heavy atom. The average Bonchev–Trinajstić information content (AvgIpc) is 2.71. The quantitative estimate of drug-likeness (QED) is 0.353. The molecule has 0 N–H and O–H groups in total. The number of unbranched alkanes of at least 4 members (excludes halogenated alkanes) is 1. The molecule has 1 saturated carbocycles. The molecule has 27 heavy (non-hydrogen) atoms. The lowest BCUT2D eigenvalue weighted by atomic mass is 9.64. The molecule has 1 spiro atoms. The van der Waals surface area contributed by atoms with Crippen LogP contribution in [0.3, 0.4) is 0 Å². The van der Waals surface area contributed by atoms with Crippen molar-refractivity contribution in [1.29, 1.82) is 0 Å². The highest BCUT2D eigenvalue weighted by Crippen LogP contribution is 2.49. The molecule has 1 aromatic carbocycles. The van der Waals surface area contributed by atoms with E-state index in [1.165, 1.54) is 38.4 Å². The predicted molar refractivity (Wildman–Crippen MR) is 109 cm³/mol. The monoisotopic (exact) mass is 368 g/mol. The van der Waals surface area contributed by atoms with Crippen molar-refractivity contribution in [3.63, 3.8) is 0 Å². The molecule has 0 unspecified atom stereocenters. The molecule has 0 aliphatic heterocycles. The average molecular weight is 369 g/mol. The number of benzene rings is 1. The molecule has 0 atom stereocenters. The van der Waals surface area contributed by atoms with E-state index in [1.54, 1.807) is 6.08 Å². The van der Waals surface area contributed by atoms with E-state index >= 15 is 0 Å². The maximum Gasteiger partial charge on any atom is 0.330 e. The number of rotatable bonds is 6. The molecule has 2 aliphatic rings. The molecule has 3 nitrogen and oxygen atoms in total. The van der Waals surface area contributed by atoms with Crippen LogP contribution in [0.1, 0.15) is 69.8 Å². The van der Waals surface area contributed by atoms with E-state index in [0.717, 1.165) is 43.6 Å². The van der Waals surface area contributed by atoms with E-state index in [2.05, 4.69) is 43.3 Å². The Morgan fingerprint density at radius 3 is 2.52 bits per heavy atom. The van der Waals surface area contributed by atoms with Gasteiger partial charge in [0.2, 0.25) is 0 Å². The Bertz CT molecular complexity index is 676. The second-order valence-electron chi connectivity index (χ2n) is 7.98. The van der Waals surface area contributed by atoms with E-state index in [9.17, 15) is 4.79 Å². The van der Waals surface area contributed by atoms with E-state index < -0.39 is 0 Å². The predicted octanol–water partition coefficient (Wildman–Crippen LogP) is 5.96. The van der Waals surface area contributed by atoms with Gasteiger partial charge in [0.25, 0.3) is 0 Å². The van der Waals surface area contributed by atoms with Crippen LogP contribution in [-0.4, -0.2) is 19.7 Å². The smallest absolute Gasteiger partial charge is 0.330 e. The van der Waals surface area contributed by atoms with Crippen LogP contribution in [0, 0.1) is 5.41 Å². The van der Waals surface area contributed by atoms with Crippen LogP contribution in [0.5, 0.6) is 5.75 Å². The number of carbonyl (C=O) groups is 1. The highest BCUT2D eigenvalue weighted by atomic mass is 16.5. The van der Waals surface area contributed by atoms with Gasteiger partial charge in [-0.3, -0.25) is 0 Å². The summed E-state index contributed by atoms with van der Waals surface area (Å²) in [5.74, 6) is 1.39. The van der Waals surface area contributed by atoms with Gasteiger partial charge in [0.15, 0.2) is 0 Å². The molecule has 0 amide bonds. The number of ether oxygens (including phenoxy) is 2. The summed E-state index contributed by atoms with van der Waals surface area (Å²) < 4.78 is 10.5. The number of methoxy groups -OCH3 is 1. The summed E-state index contributed by atoms with van der Waals surface area (Å²) in [5, 5.41) is 0. The summed E-state index contributed by atoms with van der Waals surface area (Å²) in [6, 6.07) is 8.75. The number of allylic oxidation sites excluding steroid dienone is 3. The van der Waals surface area contributed by atoms with Gasteiger partial charge >= 0.3 is 5.97 Å². The van der Waals surface area contributed by atoms with E-state index in [1.807, 2.05) is 0 Å². The molecule has 0 saturated heterocycles. The second-order valence-corrected chi connectivity index (χ2v) is 7.98. The van der Waals surface area contributed by atoms with Crippen molar-refractivity contribution in [2.45, 2.75) is 64.2 Å². The summed E-state index contributed by atoms with van der Waals surface area (Å²) in [4.78, 5) is 11.4. The lowest BCUT2D eigenvalue weighted by molar-refractivity contribution is -0.134. The minimum absolute atomic E-state index is 0.253. The molecule has 3 heteroatoms. The van der Waals surface area contributed by atoms with Crippen molar-refractivity contribution in [2.24, 2.45) is 5.41 Å². The SMILES string of the molecule is CCCCOc1ccc(C2CCC3(C=C/C(=C\C(=O)OC)CC3)CC2)cc1. The van der Waals surface area contributed by atoms with Crippen molar-refractivity contribution in [3.8, 4) is 5.75 Å². The van der Waals surface area contributed by atoms with Crippen LogP contribution in [0.25, 0.3) is 0 Å². The molecule has 0 heterocycles. The molecule has 0 radical (unpaired) electrons. The van der Waals surface area contributed by atoms with Gasteiger partial charge in [-0.25, -0.2) is 4.79 Å². The Morgan fingerprint density at radius 2 is 1.93 bits per heavy atom. The third kappa shape index (κ3) is 5.24. The highest BCUT2D eigenvalue weighted by Gasteiger charge is 2.35. The van der Waals surface area contributed by atoms with Crippen molar-refractivity contribution in [3.05, 3.63) is 53.6 Å². The molecular weight excluding hydrogens is 336 g/mol. The van der Waals surface area contributed by atoms with Gasteiger partial charge in [0.05, 0.1) is 13.7 Å². The van der Waals surface area contributed by atoms with Crippen LogP contribution >= 0.6 is 0 Å². The van der Waals surface area contributed by atoms with Crippen LogP contribution in [0.4, 0.5) is 0 Å². The third-order valence-corrected chi connectivity index (χ3v) is 6.17. The van der Waals surface area contributed by atoms with Crippen LogP contribution in [0.15, 0.2) is 48.1 Å². The van der Waals surface area contributed by atoms with Gasteiger partial charge in [0, 0.05) is 6.08 Å². The molecular formula is C24H32O3. The Kier molecular flexibility index (Phi) is 6.76. The minimum Gasteiger partial charge on any atom is -0.494 e. The topological polar surface area (TPSA) is 35.5 Å². The maximum absolute atomic E-state index is 11.4. The normalized spacial score (nSPS) is 26.3. The molecule has 146 valence electrons. The fraction of sp³-hybridized carbons (Fsp3) is 0.542. The van der Waals surface area contributed by atoms with Gasteiger partial charge in [-0.05, 0) is 79.5 Å². The summed E-state index contributed by atoms with van der Waals surface area (Å²) in [6.45, 7) is 2.99. The number of esters is 1. The minimum atomic E-state index is -0.253. The first-order valence-electron chi connectivity index (χ1n) is 10.3. The molecule has 0 aromatic heterocycles. The lowest BCUT2D eigenvalue weighted by Crippen LogP contribution is -2.27. The van der Waals surface area contributed by atoms with E-state index in [4.69, 9.17) is 9.47 Å². The zero-order chi connectivity index (χ0) is 19.1. The third-order valence-electron chi connectivity index (χ3n) is 6.17. The van der Waals surface area contributed by atoms with Gasteiger partial charge < -0.3 is 9.47 Å². The number of carbonyl (C=O) groups excluding carboxylic acids is 1. The summed E-state index contributed by atoms with van der Waals surface area (Å²) in [5.41, 5.74) is 2.86. The number of hydrogen-bond acceptors (Lipinski definition) is 3.